The molecule has 0 saturated carbocycles. The van der Waals surface area contributed by atoms with Crippen LogP contribution in [-0.4, -0.2) is 61.4 Å². The molecule has 3 rings (SSSR count). The van der Waals surface area contributed by atoms with Crippen molar-refractivity contribution in [2.45, 2.75) is 26.2 Å². The molecule has 0 aromatic heterocycles. The summed E-state index contributed by atoms with van der Waals surface area (Å²) in [5.74, 6) is 0.0159. The molecule has 2 fully saturated rings. The van der Waals surface area contributed by atoms with E-state index in [1.54, 1.807) is 0 Å². The number of hydrogen-bond acceptors (Lipinski definition) is 3. The first-order valence-corrected chi connectivity index (χ1v) is 8.95. The predicted octanol–water partition coefficient (Wildman–Crippen LogP) is 1.77. The fourth-order valence-electron chi connectivity index (χ4n) is 3.70. The third kappa shape index (κ3) is 3.46. The van der Waals surface area contributed by atoms with Crippen molar-refractivity contribution in [1.82, 2.24) is 9.80 Å². The number of carbonyl (C=O) groups is 2. The quantitative estimate of drug-likeness (QED) is 0.849. The van der Waals surface area contributed by atoms with E-state index in [0.29, 0.717) is 13.0 Å². The van der Waals surface area contributed by atoms with Gasteiger partial charge in [-0.05, 0) is 38.1 Å². The Hall–Kier alpha value is -1.88. The molecule has 1 atom stereocenters. The number of likely N-dealkylation sites (N-methyl/N-ethyl adjacent to an activating group) is 1. The third-order valence-electron chi connectivity index (χ3n) is 5.17. The zero-order chi connectivity index (χ0) is 17.1. The second-order valence-corrected chi connectivity index (χ2v) is 6.87. The van der Waals surface area contributed by atoms with Crippen molar-refractivity contribution in [3.05, 3.63) is 29.8 Å². The minimum absolute atomic E-state index is 0.0705. The van der Waals surface area contributed by atoms with E-state index in [2.05, 4.69) is 24.9 Å². The van der Waals surface area contributed by atoms with Crippen LogP contribution in [0, 0.1) is 5.92 Å². The zero-order valence-electron chi connectivity index (χ0n) is 14.7. The molecule has 1 aromatic rings. The van der Waals surface area contributed by atoms with Crippen LogP contribution in [0.1, 0.15) is 25.3 Å². The van der Waals surface area contributed by atoms with E-state index >= 15 is 0 Å². The normalized spacial score (nSPS) is 22.8. The summed E-state index contributed by atoms with van der Waals surface area (Å²) in [5.41, 5.74) is 2.13. The summed E-state index contributed by atoms with van der Waals surface area (Å²) in [4.78, 5) is 31.4. The maximum Gasteiger partial charge on any atom is 0.228 e. The van der Waals surface area contributed by atoms with Crippen molar-refractivity contribution < 1.29 is 9.59 Å². The molecule has 130 valence electrons. The summed E-state index contributed by atoms with van der Waals surface area (Å²) in [6.07, 6.45) is 2.23. The van der Waals surface area contributed by atoms with Gasteiger partial charge in [-0.25, -0.2) is 0 Å². The maximum atomic E-state index is 12.9. The van der Waals surface area contributed by atoms with E-state index in [1.165, 1.54) is 0 Å². The van der Waals surface area contributed by atoms with E-state index < -0.39 is 0 Å². The van der Waals surface area contributed by atoms with E-state index in [1.807, 2.05) is 28.0 Å². The number of hydrogen-bond donors (Lipinski definition) is 0. The number of aryl methyl sites for hydroxylation is 1. The highest BCUT2D eigenvalue weighted by molar-refractivity contribution is 6.00. The van der Waals surface area contributed by atoms with E-state index in [9.17, 15) is 9.59 Å². The first-order valence-electron chi connectivity index (χ1n) is 8.95. The molecule has 2 heterocycles. The van der Waals surface area contributed by atoms with Gasteiger partial charge in [-0.2, -0.15) is 0 Å². The van der Waals surface area contributed by atoms with Crippen molar-refractivity contribution in [3.8, 4) is 0 Å². The topological polar surface area (TPSA) is 43.9 Å². The molecule has 2 amide bonds. The van der Waals surface area contributed by atoms with Crippen molar-refractivity contribution in [3.63, 3.8) is 0 Å². The lowest BCUT2D eigenvalue weighted by atomic mass is 10.1. The van der Waals surface area contributed by atoms with Crippen LogP contribution in [0.25, 0.3) is 0 Å². The van der Waals surface area contributed by atoms with E-state index in [0.717, 1.165) is 50.3 Å². The monoisotopic (exact) mass is 329 g/mol. The lowest BCUT2D eigenvalue weighted by Crippen LogP contribution is -2.39. The lowest BCUT2D eigenvalue weighted by Gasteiger charge is -2.24. The van der Waals surface area contributed by atoms with Crippen LogP contribution in [0.2, 0.25) is 0 Å². The molecule has 2 saturated heterocycles. The van der Waals surface area contributed by atoms with Gasteiger partial charge < -0.3 is 14.7 Å². The van der Waals surface area contributed by atoms with Gasteiger partial charge in [-0.3, -0.25) is 9.59 Å². The number of carbonyl (C=O) groups excluding carboxylic acids is 2. The number of amides is 2. The van der Waals surface area contributed by atoms with Crippen LogP contribution < -0.4 is 4.90 Å². The summed E-state index contributed by atoms with van der Waals surface area (Å²) in [6, 6.07) is 8.01. The smallest absolute Gasteiger partial charge is 0.228 e. The second kappa shape index (κ2) is 7.34. The number of anilines is 1. The average molecular weight is 329 g/mol. The minimum Gasteiger partial charge on any atom is -0.341 e. The number of benzene rings is 1. The number of para-hydroxylation sites is 1. The molecule has 5 nitrogen and oxygen atoms in total. The third-order valence-corrected chi connectivity index (χ3v) is 5.17. The Kier molecular flexibility index (Phi) is 5.19. The predicted molar refractivity (Wildman–Crippen MR) is 95.0 cm³/mol. The molecule has 5 heteroatoms. The molecule has 1 unspecified atom stereocenters. The van der Waals surface area contributed by atoms with Crippen LogP contribution in [0.4, 0.5) is 5.69 Å². The van der Waals surface area contributed by atoms with Crippen molar-refractivity contribution in [2.24, 2.45) is 5.92 Å². The first kappa shape index (κ1) is 17.0. The van der Waals surface area contributed by atoms with Gasteiger partial charge in [0, 0.05) is 38.3 Å². The Morgan fingerprint density at radius 3 is 2.75 bits per heavy atom. The van der Waals surface area contributed by atoms with Crippen LogP contribution in [0.15, 0.2) is 24.3 Å². The van der Waals surface area contributed by atoms with Gasteiger partial charge in [0.25, 0.3) is 0 Å². The highest BCUT2D eigenvalue weighted by Gasteiger charge is 2.37. The summed E-state index contributed by atoms with van der Waals surface area (Å²) >= 11 is 0. The molecular weight excluding hydrogens is 302 g/mol. The highest BCUT2D eigenvalue weighted by atomic mass is 16.2. The van der Waals surface area contributed by atoms with Crippen molar-refractivity contribution in [1.29, 1.82) is 0 Å². The van der Waals surface area contributed by atoms with Crippen LogP contribution in [0.3, 0.4) is 0 Å². The lowest BCUT2D eigenvalue weighted by molar-refractivity contribution is -0.135. The molecule has 2 aliphatic rings. The Morgan fingerprint density at radius 1 is 1.17 bits per heavy atom. The van der Waals surface area contributed by atoms with Gasteiger partial charge in [0.2, 0.25) is 11.8 Å². The molecule has 0 aliphatic carbocycles. The fraction of sp³-hybridized carbons (Fsp3) is 0.579. The summed E-state index contributed by atoms with van der Waals surface area (Å²) < 4.78 is 0. The standard InChI is InChI=1S/C19H27N3O2/c1-3-15-7-4-5-8-17(15)22-14-16(13-18(22)23)19(24)21-10-6-9-20(2)11-12-21/h4-5,7-8,16H,3,6,9-14H2,1-2H3. The average Bonchev–Trinajstić information content (AvgIpc) is 2.84. The van der Waals surface area contributed by atoms with Crippen molar-refractivity contribution >= 4 is 17.5 Å². The Bertz CT molecular complexity index is 616. The van der Waals surface area contributed by atoms with Gasteiger partial charge in [-0.1, -0.05) is 25.1 Å². The molecule has 1 aromatic carbocycles. The first-order chi connectivity index (χ1) is 11.6. The highest BCUT2D eigenvalue weighted by Crippen LogP contribution is 2.29. The Labute approximate surface area is 144 Å². The maximum absolute atomic E-state index is 12.9. The van der Waals surface area contributed by atoms with Gasteiger partial charge in [0.05, 0.1) is 5.92 Å². The van der Waals surface area contributed by atoms with Gasteiger partial charge >= 0.3 is 0 Å². The Morgan fingerprint density at radius 2 is 1.96 bits per heavy atom. The summed E-state index contributed by atoms with van der Waals surface area (Å²) in [5, 5.41) is 0. The van der Waals surface area contributed by atoms with Crippen LogP contribution >= 0.6 is 0 Å². The van der Waals surface area contributed by atoms with Crippen molar-refractivity contribution in [2.75, 3.05) is 44.7 Å². The minimum atomic E-state index is -0.203. The SMILES string of the molecule is CCc1ccccc1N1CC(C(=O)N2CCCN(C)CC2)CC1=O. The largest absolute Gasteiger partial charge is 0.341 e. The molecule has 0 spiro atoms. The molecular formula is C19H27N3O2. The summed E-state index contributed by atoms with van der Waals surface area (Å²) in [7, 11) is 2.09. The fourth-order valence-corrected chi connectivity index (χ4v) is 3.70. The molecule has 24 heavy (non-hydrogen) atoms. The zero-order valence-corrected chi connectivity index (χ0v) is 14.7. The van der Waals surface area contributed by atoms with Gasteiger partial charge in [0.15, 0.2) is 0 Å². The van der Waals surface area contributed by atoms with Crippen LogP contribution in [0.5, 0.6) is 0 Å². The molecule has 0 N–H and O–H groups in total. The summed E-state index contributed by atoms with van der Waals surface area (Å²) in [6.45, 7) is 6.12. The second-order valence-electron chi connectivity index (χ2n) is 6.87. The molecule has 0 radical (unpaired) electrons. The molecule has 2 aliphatic heterocycles. The molecule has 0 bridgehead atoms. The van der Waals surface area contributed by atoms with Gasteiger partial charge in [0.1, 0.15) is 0 Å². The number of rotatable bonds is 3. The van der Waals surface area contributed by atoms with Crippen LogP contribution in [-0.2, 0) is 16.0 Å². The Balaban J connectivity index is 1.71. The number of nitrogens with zero attached hydrogens (tertiary/aromatic N) is 3. The van der Waals surface area contributed by atoms with Gasteiger partial charge in [-0.15, -0.1) is 0 Å². The van der Waals surface area contributed by atoms with E-state index in [4.69, 9.17) is 0 Å². The van der Waals surface area contributed by atoms with E-state index in [-0.39, 0.29) is 17.7 Å².